The van der Waals surface area contributed by atoms with E-state index in [1.54, 1.807) is 7.05 Å². The van der Waals surface area contributed by atoms with Crippen molar-refractivity contribution < 1.29 is 9.59 Å². The predicted octanol–water partition coefficient (Wildman–Crippen LogP) is -0.489. The quantitative estimate of drug-likeness (QED) is 0.588. The zero-order valence-electron chi connectivity index (χ0n) is 7.33. The van der Waals surface area contributed by atoms with Gasteiger partial charge in [-0.05, 0) is 7.05 Å². The number of hydrogen-bond acceptors (Lipinski definition) is 4. The van der Waals surface area contributed by atoms with Crippen molar-refractivity contribution in [2.45, 2.75) is 6.92 Å². The van der Waals surface area contributed by atoms with Gasteiger partial charge in [-0.25, -0.2) is 0 Å². The summed E-state index contributed by atoms with van der Waals surface area (Å²) in [6.45, 7) is 1.93. The van der Waals surface area contributed by atoms with E-state index in [1.165, 1.54) is 11.8 Å². The average Bonchev–Trinajstić information content (AvgIpc) is 1.99. The first-order valence-corrected chi connectivity index (χ1v) is 4.33. The molecule has 5 heteroatoms. The number of likely N-dealkylation sites (N-methyl/N-ethyl adjacent to an activating group) is 1. The fourth-order valence-electron chi connectivity index (χ4n) is 0.804. The zero-order chi connectivity index (χ0) is 9.56. The summed E-state index contributed by atoms with van der Waals surface area (Å²) < 4.78 is 0. The van der Waals surface area contributed by atoms with Crippen LogP contribution in [-0.2, 0) is 9.59 Å². The van der Waals surface area contributed by atoms with Crippen LogP contribution in [0.4, 0.5) is 0 Å². The minimum absolute atomic E-state index is 0.188. The van der Waals surface area contributed by atoms with Gasteiger partial charge < -0.3 is 5.32 Å². The molecule has 0 unspecified atom stereocenters. The Morgan fingerprint density at radius 1 is 1.50 bits per heavy atom. The maximum atomic E-state index is 11.2. The average molecular weight is 190 g/mol. The van der Waals surface area contributed by atoms with Gasteiger partial charge in [0.15, 0.2) is 0 Å². The lowest BCUT2D eigenvalue weighted by Crippen LogP contribution is -2.41. The molecule has 0 aromatic rings. The summed E-state index contributed by atoms with van der Waals surface area (Å²) in [5, 5.41) is 2.69. The Bertz CT molecular complexity index is 173. The van der Waals surface area contributed by atoms with Crippen LogP contribution in [0.3, 0.4) is 0 Å². The Labute approximate surface area is 77.7 Å². The fourth-order valence-corrected chi connectivity index (χ4v) is 1.00. The summed E-state index contributed by atoms with van der Waals surface area (Å²) >= 11 is 3.95. The molecule has 0 bridgehead atoms. The second-order valence-electron chi connectivity index (χ2n) is 2.32. The lowest BCUT2D eigenvalue weighted by molar-refractivity contribution is -0.142. The van der Waals surface area contributed by atoms with Crippen LogP contribution >= 0.6 is 12.6 Å². The number of nitrogens with one attached hydrogen (secondary N) is 1. The first kappa shape index (κ1) is 11.4. The lowest BCUT2D eigenvalue weighted by Gasteiger charge is -2.17. The zero-order valence-corrected chi connectivity index (χ0v) is 8.23. The van der Waals surface area contributed by atoms with Crippen LogP contribution in [0, 0.1) is 0 Å². The molecule has 0 saturated heterocycles. The minimum Gasteiger partial charge on any atom is -0.311 e. The van der Waals surface area contributed by atoms with Gasteiger partial charge in [-0.3, -0.25) is 14.5 Å². The highest BCUT2D eigenvalue weighted by Crippen LogP contribution is 1.91. The van der Waals surface area contributed by atoms with Crippen LogP contribution in [0.25, 0.3) is 0 Å². The molecule has 0 fully saturated rings. The number of imide groups is 1. The highest BCUT2D eigenvalue weighted by molar-refractivity contribution is 7.80. The number of hydrogen-bond donors (Lipinski definition) is 2. The Morgan fingerprint density at radius 3 is 2.42 bits per heavy atom. The van der Waals surface area contributed by atoms with Gasteiger partial charge in [0.25, 0.3) is 0 Å². The number of thiol groups is 1. The third-order valence-electron chi connectivity index (χ3n) is 1.33. The van der Waals surface area contributed by atoms with Crippen LogP contribution < -0.4 is 5.32 Å². The number of rotatable bonds is 4. The van der Waals surface area contributed by atoms with E-state index in [2.05, 4.69) is 17.9 Å². The van der Waals surface area contributed by atoms with E-state index in [1.807, 2.05) is 0 Å². The number of nitrogens with zero attached hydrogens (tertiary/aromatic N) is 1. The summed E-state index contributed by atoms with van der Waals surface area (Å²) in [5.74, 6) is 0.0537. The van der Waals surface area contributed by atoms with Crippen molar-refractivity contribution in [2.75, 3.05) is 25.9 Å². The normalized spacial score (nSPS) is 9.58. The molecule has 0 aromatic carbocycles. The molecule has 0 radical (unpaired) electrons. The van der Waals surface area contributed by atoms with Crippen LogP contribution in [0.1, 0.15) is 6.92 Å². The van der Waals surface area contributed by atoms with Crippen LogP contribution in [0.5, 0.6) is 0 Å². The molecule has 1 N–H and O–H groups in total. The molecular weight excluding hydrogens is 176 g/mol. The molecule has 70 valence electrons. The van der Waals surface area contributed by atoms with Gasteiger partial charge in [0, 0.05) is 19.2 Å². The molecule has 0 aliphatic rings. The third kappa shape index (κ3) is 3.73. The summed E-state index contributed by atoms with van der Waals surface area (Å²) in [4.78, 5) is 23.3. The topological polar surface area (TPSA) is 49.4 Å². The van der Waals surface area contributed by atoms with Crippen molar-refractivity contribution in [1.29, 1.82) is 0 Å². The van der Waals surface area contributed by atoms with E-state index in [0.29, 0.717) is 12.3 Å². The number of carbonyl (C=O) groups excluding carboxylic acids is 2. The van der Waals surface area contributed by atoms with E-state index in [-0.39, 0.29) is 18.4 Å². The van der Waals surface area contributed by atoms with Gasteiger partial charge in [0.05, 0.1) is 6.54 Å². The molecule has 12 heavy (non-hydrogen) atoms. The third-order valence-corrected chi connectivity index (χ3v) is 1.53. The monoisotopic (exact) mass is 190 g/mol. The first-order valence-electron chi connectivity index (χ1n) is 3.70. The first-order chi connectivity index (χ1) is 5.63. The van der Waals surface area contributed by atoms with Crippen molar-refractivity contribution >= 4 is 24.4 Å². The minimum atomic E-state index is -0.232. The standard InChI is InChI=1S/C7H14N2O2S/c1-6(10)9(3-4-12)7(11)5-8-2/h8,12H,3-5H2,1-2H3. The molecule has 4 nitrogen and oxygen atoms in total. The van der Waals surface area contributed by atoms with Crippen LogP contribution in [0.15, 0.2) is 0 Å². The molecule has 0 atom stereocenters. The Morgan fingerprint density at radius 2 is 2.08 bits per heavy atom. The molecule has 0 spiro atoms. The highest BCUT2D eigenvalue weighted by atomic mass is 32.1. The van der Waals surface area contributed by atoms with E-state index in [4.69, 9.17) is 0 Å². The van der Waals surface area contributed by atoms with Gasteiger partial charge in [0.1, 0.15) is 0 Å². The largest absolute Gasteiger partial charge is 0.311 e. The van der Waals surface area contributed by atoms with Gasteiger partial charge in [0.2, 0.25) is 11.8 Å². The smallest absolute Gasteiger partial charge is 0.243 e. The van der Waals surface area contributed by atoms with Gasteiger partial charge in [-0.1, -0.05) is 0 Å². The molecule has 0 aromatic heterocycles. The maximum Gasteiger partial charge on any atom is 0.243 e. The summed E-state index contributed by atoms with van der Waals surface area (Å²) in [6.07, 6.45) is 0. The molecule has 0 aliphatic carbocycles. The second-order valence-corrected chi connectivity index (χ2v) is 2.77. The number of carbonyl (C=O) groups is 2. The lowest BCUT2D eigenvalue weighted by atomic mass is 10.4. The Kier molecular flexibility index (Phi) is 5.74. The van der Waals surface area contributed by atoms with E-state index >= 15 is 0 Å². The highest BCUT2D eigenvalue weighted by Gasteiger charge is 2.15. The molecule has 2 amide bonds. The molecular formula is C7H14N2O2S. The molecule has 0 rings (SSSR count). The Balaban J connectivity index is 4.09. The second kappa shape index (κ2) is 6.02. The fraction of sp³-hybridized carbons (Fsp3) is 0.714. The van der Waals surface area contributed by atoms with Crippen molar-refractivity contribution in [1.82, 2.24) is 10.2 Å². The van der Waals surface area contributed by atoms with Crippen LogP contribution in [0.2, 0.25) is 0 Å². The summed E-state index contributed by atoms with van der Waals surface area (Å²) in [6, 6.07) is 0. The van der Waals surface area contributed by atoms with Gasteiger partial charge in [-0.2, -0.15) is 12.6 Å². The molecule has 0 saturated carbocycles. The Hall–Kier alpha value is -0.550. The maximum absolute atomic E-state index is 11.2. The molecule has 0 heterocycles. The number of amides is 2. The summed E-state index contributed by atoms with van der Waals surface area (Å²) in [7, 11) is 1.66. The van der Waals surface area contributed by atoms with Crippen molar-refractivity contribution in [3.63, 3.8) is 0 Å². The SMILES string of the molecule is CNCC(=O)N(CCS)C(C)=O. The van der Waals surface area contributed by atoms with Crippen molar-refractivity contribution in [3.8, 4) is 0 Å². The van der Waals surface area contributed by atoms with Gasteiger partial charge in [-0.15, -0.1) is 0 Å². The van der Waals surface area contributed by atoms with E-state index < -0.39 is 0 Å². The van der Waals surface area contributed by atoms with Gasteiger partial charge >= 0.3 is 0 Å². The summed E-state index contributed by atoms with van der Waals surface area (Å²) in [5.41, 5.74) is 0. The van der Waals surface area contributed by atoms with Crippen LogP contribution in [-0.4, -0.2) is 42.6 Å². The van der Waals surface area contributed by atoms with E-state index in [9.17, 15) is 9.59 Å². The van der Waals surface area contributed by atoms with Crippen molar-refractivity contribution in [2.24, 2.45) is 0 Å². The van der Waals surface area contributed by atoms with E-state index in [0.717, 1.165) is 0 Å². The predicted molar refractivity (Wildman–Crippen MR) is 50.2 cm³/mol. The van der Waals surface area contributed by atoms with Crippen molar-refractivity contribution in [3.05, 3.63) is 0 Å². The molecule has 0 aliphatic heterocycles.